The van der Waals surface area contributed by atoms with E-state index in [1.54, 1.807) is 7.11 Å². The van der Waals surface area contributed by atoms with E-state index in [0.717, 1.165) is 17.0 Å². The van der Waals surface area contributed by atoms with Crippen LogP contribution in [0.4, 0.5) is 0 Å². The van der Waals surface area contributed by atoms with Gasteiger partial charge in [0, 0.05) is 18.0 Å². The molecule has 1 aliphatic heterocycles. The number of methoxy groups -OCH3 is 1. The second kappa shape index (κ2) is 5.73. The maximum Gasteiger partial charge on any atom is 0.264 e. The van der Waals surface area contributed by atoms with E-state index in [2.05, 4.69) is 10.5 Å². The minimum Gasteiger partial charge on any atom is -0.496 e. The Kier molecular flexibility index (Phi) is 4.04. The van der Waals surface area contributed by atoms with E-state index in [-0.39, 0.29) is 11.9 Å². The van der Waals surface area contributed by atoms with Gasteiger partial charge in [-0.25, -0.2) is 0 Å². The van der Waals surface area contributed by atoms with Gasteiger partial charge in [-0.3, -0.25) is 4.79 Å². The number of ether oxygens (including phenoxy) is 1. The molecular weight excluding hydrogens is 244 g/mol. The number of carbonyl (C=O) groups excluding carboxylic acids is 1. The van der Waals surface area contributed by atoms with Gasteiger partial charge in [-0.15, -0.1) is 0 Å². The Morgan fingerprint density at radius 2 is 2.21 bits per heavy atom. The zero-order valence-electron chi connectivity index (χ0n) is 11.3. The number of benzene rings is 1. The second-order valence-electron chi connectivity index (χ2n) is 4.70. The summed E-state index contributed by atoms with van der Waals surface area (Å²) in [5.74, 6) is 0.596. The van der Waals surface area contributed by atoms with Crippen molar-refractivity contribution in [3.63, 3.8) is 0 Å². The van der Waals surface area contributed by atoms with Crippen molar-refractivity contribution in [3.05, 3.63) is 29.8 Å². The molecule has 1 amide bonds. The topological polar surface area (TPSA) is 59.9 Å². The lowest BCUT2D eigenvalue weighted by atomic mass is 10.0. The van der Waals surface area contributed by atoms with Crippen molar-refractivity contribution in [3.8, 4) is 5.75 Å². The third-order valence-corrected chi connectivity index (χ3v) is 2.81. The largest absolute Gasteiger partial charge is 0.496 e. The zero-order chi connectivity index (χ0) is 13.8. The average Bonchev–Trinajstić information content (AvgIpc) is 2.87. The average molecular weight is 262 g/mol. The van der Waals surface area contributed by atoms with Gasteiger partial charge in [0.1, 0.15) is 5.75 Å². The third kappa shape index (κ3) is 3.05. The van der Waals surface area contributed by atoms with E-state index in [1.807, 2.05) is 38.1 Å². The van der Waals surface area contributed by atoms with Crippen molar-refractivity contribution < 1.29 is 14.4 Å². The predicted molar refractivity (Wildman–Crippen MR) is 72.3 cm³/mol. The lowest BCUT2D eigenvalue weighted by Gasteiger charge is -2.12. The first kappa shape index (κ1) is 13.4. The molecule has 0 spiro atoms. The first-order chi connectivity index (χ1) is 9.11. The first-order valence-corrected chi connectivity index (χ1v) is 6.28. The summed E-state index contributed by atoms with van der Waals surface area (Å²) in [7, 11) is 1.61. The predicted octanol–water partition coefficient (Wildman–Crippen LogP) is 1.71. The molecule has 19 heavy (non-hydrogen) atoms. The van der Waals surface area contributed by atoms with Crippen LogP contribution in [0.25, 0.3) is 0 Å². The Bertz CT molecular complexity index is 497. The number of rotatable bonds is 4. The molecule has 5 heteroatoms. The molecule has 2 rings (SSSR count). The highest BCUT2D eigenvalue weighted by atomic mass is 16.6. The molecule has 0 radical (unpaired) electrons. The Hall–Kier alpha value is -2.04. The van der Waals surface area contributed by atoms with Gasteiger partial charge >= 0.3 is 0 Å². The van der Waals surface area contributed by atoms with Gasteiger partial charge in [0.15, 0.2) is 0 Å². The monoisotopic (exact) mass is 262 g/mol. The molecule has 0 aromatic heterocycles. The summed E-state index contributed by atoms with van der Waals surface area (Å²) in [4.78, 5) is 17.0. The number of nitrogens with zero attached hydrogens (tertiary/aromatic N) is 1. The molecule has 1 aromatic rings. The summed E-state index contributed by atoms with van der Waals surface area (Å²) in [5, 5.41) is 6.82. The molecule has 0 saturated heterocycles. The molecule has 0 bridgehead atoms. The van der Waals surface area contributed by atoms with Crippen LogP contribution in [0.3, 0.4) is 0 Å². The summed E-state index contributed by atoms with van der Waals surface area (Å²) in [5.41, 5.74) is 1.60. The van der Waals surface area contributed by atoms with Crippen LogP contribution < -0.4 is 10.1 Å². The molecule has 0 fully saturated rings. The third-order valence-electron chi connectivity index (χ3n) is 2.81. The SMILES string of the molecule is COc1ccccc1C1=NO[C@@H](C(=O)NC(C)C)C1. The van der Waals surface area contributed by atoms with Gasteiger partial charge in [0.25, 0.3) is 5.91 Å². The standard InChI is InChI=1S/C14H18N2O3/c1-9(2)15-14(17)13-8-11(16-19-13)10-6-4-5-7-12(10)18-3/h4-7,9,13H,8H2,1-3H3,(H,15,17)/t13-/m1/s1. The summed E-state index contributed by atoms with van der Waals surface area (Å²) < 4.78 is 5.28. The number of hydrogen-bond donors (Lipinski definition) is 1. The fraction of sp³-hybridized carbons (Fsp3) is 0.429. The fourth-order valence-electron chi connectivity index (χ4n) is 1.94. The normalized spacial score (nSPS) is 17.9. The molecule has 5 nitrogen and oxygen atoms in total. The smallest absolute Gasteiger partial charge is 0.264 e. The van der Waals surface area contributed by atoms with Crippen molar-refractivity contribution in [2.45, 2.75) is 32.4 Å². The molecule has 102 valence electrons. The van der Waals surface area contributed by atoms with Gasteiger partial charge in [-0.2, -0.15) is 0 Å². The van der Waals surface area contributed by atoms with Crippen molar-refractivity contribution in [2.24, 2.45) is 5.16 Å². The van der Waals surface area contributed by atoms with Gasteiger partial charge in [0.05, 0.1) is 12.8 Å². The van der Waals surface area contributed by atoms with Crippen molar-refractivity contribution in [2.75, 3.05) is 7.11 Å². The number of nitrogens with one attached hydrogen (secondary N) is 1. The van der Waals surface area contributed by atoms with E-state index in [0.29, 0.717) is 6.42 Å². The molecule has 0 saturated carbocycles. The summed E-state index contributed by atoms with van der Waals surface area (Å²) in [6.07, 6.45) is -0.0961. The number of hydrogen-bond acceptors (Lipinski definition) is 4. The van der Waals surface area contributed by atoms with E-state index in [1.165, 1.54) is 0 Å². The molecule has 0 aliphatic carbocycles. The number of amides is 1. The zero-order valence-corrected chi connectivity index (χ0v) is 11.3. The highest BCUT2D eigenvalue weighted by Crippen LogP contribution is 2.24. The van der Waals surface area contributed by atoms with E-state index < -0.39 is 6.10 Å². The summed E-state index contributed by atoms with van der Waals surface area (Å²) in [6.45, 7) is 3.82. The maximum atomic E-state index is 11.8. The molecule has 1 N–H and O–H groups in total. The lowest BCUT2D eigenvalue weighted by molar-refractivity contribution is -0.131. The minimum atomic E-state index is -0.553. The highest BCUT2D eigenvalue weighted by Gasteiger charge is 2.30. The Labute approximate surface area is 112 Å². The Morgan fingerprint density at radius 3 is 2.89 bits per heavy atom. The first-order valence-electron chi connectivity index (χ1n) is 6.28. The van der Waals surface area contributed by atoms with Crippen molar-refractivity contribution >= 4 is 11.6 Å². The molecule has 1 atom stereocenters. The Balaban J connectivity index is 2.07. The minimum absolute atomic E-state index is 0.0893. The van der Waals surface area contributed by atoms with E-state index in [4.69, 9.17) is 9.57 Å². The second-order valence-corrected chi connectivity index (χ2v) is 4.70. The van der Waals surface area contributed by atoms with Gasteiger partial charge < -0.3 is 14.9 Å². The molecule has 0 unspecified atom stereocenters. The molecular formula is C14H18N2O3. The maximum absolute atomic E-state index is 11.8. The number of para-hydroxylation sites is 1. The van der Waals surface area contributed by atoms with Gasteiger partial charge in [-0.1, -0.05) is 17.3 Å². The summed E-state index contributed by atoms with van der Waals surface area (Å²) in [6, 6.07) is 7.65. The van der Waals surface area contributed by atoms with Crippen LogP contribution in [-0.4, -0.2) is 30.9 Å². The van der Waals surface area contributed by atoms with Crippen LogP contribution in [0, 0.1) is 0 Å². The number of carbonyl (C=O) groups is 1. The molecule has 1 heterocycles. The summed E-state index contributed by atoms with van der Waals surface area (Å²) >= 11 is 0. The quantitative estimate of drug-likeness (QED) is 0.898. The fourth-order valence-corrected chi connectivity index (χ4v) is 1.94. The van der Waals surface area contributed by atoms with E-state index in [9.17, 15) is 4.79 Å². The van der Waals surface area contributed by atoms with Crippen LogP contribution >= 0.6 is 0 Å². The van der Waals surface area contributed by atoms with Crippen molar-refractivity contribution in [1.29, 1.82) is 0 Å². The van der Waals surface area contributed by atoms with Crippen LogP contribution in [-0.2, 0) is 9.63 Å². The lowest BCUT2D eigenvalue weighted by Crippen LogP contribution is -2.38. The number of oxime groups is 1. The van der Waals surface area contributed by atoms with Crippen LogP contribution in [0.15, 0.2) is 29.4 Å². The van der Waals surface area contributed by atoms with Gasteiger partial charge in [0.2, 0.25) is 6.10 Å². The van der Waals surface area contributed by atoms with Gasteiger partial charge in [-0.05, 0) is 26.0 Å². The molecule has 1 aliphatic rings. The van der Waals surface area contributed by atoms with Crippen LogP contribution in [0.2, 0.25) is 0 Å². The van der Waals surface area contributed by atoms with Crippen LogP contribution in [0.1, 0.15) is 25.8 Å². The molecule has 1 aromatic carbocycles. The van der Waals surface area contributed by atoms with Crippen molar-refractivity contribution in [1.82, 2.24) is 5.32 Å². The highest BCUT2D eigenvalue weighted by molar-refractivity contribution is 6.05. The van der Waals surface area contributed by atoms with E-state index >= 15 is 0 Å². The Morgan fingerprint density at radius 1 is 1.47 bits per heavy atom. The van der Waals surface area contributed by atoms with Crippen LogP contribution in [0.5, 0.6) is 5.75 Å².